The molecular weight excluding hydrogens is 208 g/mol. The fraction of sp³-hybridized carbons (Fsp3) is 0.545. The number of rotatable bonds is 3. The highest BCUT2D eigenvalue weighted by atomic mass is 32.2. The van der Waals surface area contributed by atoms with Crippen molar-refractivity contribution in [3.05, 3.63) is 18.3 Å². The molecule has 1 aliphatic carbocycles. The SMILES string of the molecule is Nc1cccnc1S(=O)CC1CCCC1. The van der Waals surface area contributed by atoms with Gasteiger partial charge in [0.05, 0.1) is 16.5 Å². The molecule has 0 bridgehead atoms. The molecule has 0 radical (unpaired) electrons. The van der Waals surface area contributed by atoms with E-state index in [4.69, 9.17) is 5.73 Å². The van der Waals surface area contributed by atoms with Gasteiger partial charge in [0.1, 0.15) is 5.03 Å². The number of nitrogens with zero attached hydrogens (tertiary/aromatic N) is 1. The van der Waals surface area contributed by atoms with Crippen LogP contribution in [0.3, 0.4) is 0 Å². The van der Waals surface area contributed by atoms with Gasteiger partial charge in [0.25, 0.3) is 0 Å². The van der Waals surface area contributed by atoms with Crippen molar-refractivity contribution < 1.29 is 4.21 Å². The number of nitrogens with two attached hydrogens (primary N) is 1. The second kappa shape index (κ2) is 4.75. The van der Waals surface area contributed by atoms with Gasteiger partial charge in [0, 0.05) is 11.9 Å². The van der Waals surface area contributed by atoms with E-state index in [2.05, 4.69) is 4.98 Å². The largest absolute Gasteiger partial charge is 0.396 e. The highest BCUT2D eigenvalue weighted by molar-refractivity contribution is 7.85. The third-order valence-corrected chi connectivity index (χ3v) is 4.42. The van der Waals surface area contributed by atoms with Crippen molar-refractivity contribution in [2.24, 2.45) is 5.92 Å². The van der Waals surface area contributed by atoms with Crippen molar-refractivity contribution in [3.8, 4) is 0 Å². The van der Waals surface area contributed by atoms with Crippen LogP contribution in [0, 0.1) is 5.92 Å². The summed E-state index contributed by atoms with van der Waals surface area (Å²) in [5.41, 5.74) is 6.29. The van der Waals surface area contributed by atoms with Crippen LogP contribution in [0.15, 0.2) is 23.4 Å². The summed E-state index contributed by atoms with van der Waals surface area (Å²) >= 11 is 0. The lowest BCUT2D eigenvalue weighted by Crippen LogP contribution is -2.10. The average Bonchev–Trinajstić information content (AvgIpc) is 2.71. The molecule has 1 heterocycles. The minimum Gasteiger partial charge on any atom is -0.396 e. The van der Waals surface area contributed by atoms with Gasteiger partial charge >= 0.3 is 0 Å². The maximum absolute atomic E-state index is 12.0. The van der Waals surface area contributed by atoms with Crippen molar-refractivity contribution in [1.82, 2.24) is 4.98 Å². The minimum atomic E-state index is -1.02. The van der Waals surface area contributed by atoms with Crippen molar-refractivity contribution >= 4 is 16.5 Å². The Kier molecular flexibility index (Phi) is 3.36. The monoisotopic (exact) mass is 224 g/mol. The molecule has 1 aliphatic rings. The molecule has 0 aliphatic heterocycles. The van der Waals surface area contributed by atoms with Crippen LogP contribution in [-0.4, -0.2) is 14.9 Å². The van der Waals surface area contributed by atoms with Gasteiger partial charge in [-0.05, 0) is 30.9 Å². The number of pyridine rings is 1. The molecule has 82 valence electrons. The molecule has 0 amide bonds. The molecule has 3 nitrogen and oxygen atoms in total. The molecule has 1 unspecified atom stereocenters. The second-order valence-electron chi connectivity index (χ2n) is 4.06. The van der Waals surface area contributed by atoms with Crippen LogP contribution in [0.2, 0.25) is 0 Å². The van der Waals surface area contributed by atoms with Gasteiger partial charge in [-0.25, -0.2) is 4.98 Å². The first-order valence-electron chi connectivity index (χ1n) is 5.36. The number of anilines is 1. The lowest BCUT2D eigenvalue weighted by atomic mass is 10.1. The number of hydrogen-bond acceptors (Lipinski definition) is 3. The predicted octanol–water partition coefficient (Wildman–Crippen LogP) is 1.96. The van der Waals surface area contributed by atoms with Gasteiger partial charge in [-0.15, -0.1) is 0 Å². The summed E-state index contributed by atoms with van der Waals surface area (Å²) < 4.78 is 12.0. The molecular formula is C11H16N2OS. The summed E-state index contributed by atoms with van der Waals surface area (Å²) in [6.45, 7) is 0. The molecule has 1 fully saturated rings. The van der Waals surface area contributed by atoms with Crippen molar-refractivity contribution in [2.75, 3.05) is 11.5 Å². The molecule has 2 rings (SSSR count). The highest BCUT2D eigenvalue weighted by Gasteiger charge is 2.19. The van der Waals surface area contributed by atoms with Crippen LogP contribution in [0.5, 0.6) is 0 Å². The molecule has 1 saturated carbocycles. The molecule has 15 heavy (non-hydrogen) atoms. The van der Waals surface area contributed by atoms with E-state index in [9.17, 15) is 4.21 Å². The van der Waals surface area contributed by atoms with E-state index in [0.29, 0.717) is 16.6 Å². The van der Waals surface area contributed by atoms with Crippen LogP contribution in [-0.2, 0) is 10.8 Å². The zero-order chi connectivity index (χ0) is 10.7. The first-order valence-corrected chi connectivity index (χ1v) is 6.68. The number of hydrogen-bond donors (Lipinski definition) is 1. The molecule has 1 atom stereocenters. The van der Waals surface area contributed by atoms with E-state index < -0.39 is 10.8 Å². The summed E-state index contributed by atoms with van der Waals surface area (Å²) in [6.07, 6.45) is 6.62. The Labute approximate surface area is 92.5 Å². The van der Waals surface area contributed by atoms with Crippen molar-refractivity contribution in [3.63, 3.8) is 0 Å². The van der Waals surface area contributed by atoms with E-state index in [-0.39, 0.29) is 0 Å². The van der Waals surface area contributed by atoms with Gasteiger partial charge < -0.3 is 5.73 Å². The van der Waals surface area contributed by atoms with E-state index in [1.165, 1.54) is 25.7 Å². The lowest BCUT2D eigenvalue weighted by molar-refractivity contribution is 0.603. The minimum absolute atomic E-state index is 0.550. The quantitative estimate of drug-likeness (QED) is 0.854. The molecule has 2 N–H and O–H groups in total. The standard InChI is InChI=1S/C11H16N2OS/c12-10-6-3-7-13-11(10)15(14)8-9-4-1-2-5-9/h3,6-7,9H,1-2,4-5,8,12H2. The summed E-state index contributed by atoms with van der Waals surface area (Å²) in [4.78, 5) is 4.10. The molecule has 0 saturated heterocycles. The van der Waals surface area contributed by atoms with Gasteiger partial charge in [0.2, 0.25) is 0 Å². The molecule has 0 aromatic carbocycles. The molecule has 0 spiro atoms. The predicted molar refractivity (Wildman–Crippen MR) is 61.9 cm³/mol. The summed E-state index contributed by atoms with van der Waals surface area (Å²) in [7, 11) is -1.02. The van der Waals surface area contributed by atoms with Gasteiger partial charge in [0.15, 0.2) is 0 Å². The molecule has 4 heteroatoms. The fourth-order valence-electron chi connectivity index (χ4n) is 2.06. The Morgan fingerprint density at radius 2 is 2.20 bits per heavy atom. The maximum atomic E-state index is 12.0. The Bertz CT molecular complexity index is 361. The van der Waals surface area contributed by atoms with Crippen LogP contribution < -0.4 is 5.73 Å². The fourth-order valence-corrected chi connectivity index (χ4v) is 3.49. The zero-order valence-electron chi connectivity index (χ0n) is 8.69. The summed E-state index contributed by atoms with van der Waals surface area (Å²) in [6, 6.07) is 3.53. The lowest BCUT2D eigenvalue weighted by Gasteiger charge is -2.08. The molecule has 1 aromatic rings. The third kappa shape index (κ3) is 2.56. The Morgan fingerprint density at radius 3 is 2.87 bits per heavy atom. The van der Waals surface area contributed by atoms with E-state index >= 15 is 0 Å². The van der Waals surface area contributed by atoms with Crippen LogP contribution in [0.1, 0.15) is 25.7 Å². The first-order chi connectivity index (χ1) is 7.27. The zero-order valence-corrected chi connectivity index (χ0v) is 9.50. The van der Waals surface area contributed by atoms with Crippen molar-refractivity contribution in [2.45, 2.75) is 30.7 Å². The van der Waals surface area contributed by atoms with Crippen LogP contribution in [0.25, 0.3) is 0 Å². The molecule has 1 aromatic heterocycles. The number of nitrogen functional groups attached to an aromatic ring is 1. The highest BCUT2D eigenvalue weighted by Crippen LogP contribution is 2.27. The van der Waals surface area contributed by atoms with Crippen molar-refractivity contribution in [1.29, 1.82) is 0 Å². The van der Waals surface area contributed by atoms with E-state index in [0.717, 1.165) is 5.75 Å². The smallest absolute Gasteiger partial charge is 0.150 e. The van der Waals surface area contributed by atoms with E-state index in [1.807, 2.05) is 0 Å². The normalized spacial score (nSPS) is 19.2. The van der Waals surface area contributed by atoms with Gasteiger partial charge in [-0.3, -0.25) is 4.21 Å². The summed E-state index contributed by atoms with van der Waals surface area (Å²) in [5.74, 6) is 1.33. The third-order valence-electron chi connectivity index (χ3n) is 2.88. The van der Waals surface area contributed by atoms with Crippen LogP contribution in [0.4, 0.5) is 5.69 Å². The van der Waals surface area contributed by atoms with Gasteiger partial charge in [-0.1, -0.05) is 12.8 Å². The Balaban J connectivity index is 2.04. The maximum Gasteiger partial charge on any atom is 0.150 e. The summed E-state index contributed by atoms with van der Waals surface area (Å²) in [5, 5.41) is 0.560. The Hall–Kier alpha value is -0.900. The average molecular weight is 224 g/mol. The van der Waals surface area contributed by atoms with Gasteiger partial charge in [-0.2, -0.15) is 0 Å². The van der Waals surface area contributed by atoms with E-state index in [1.54, 1.807) is 18.3 Å². The topological polar surface area (TPSA) is 56.0 Å². The second-order valence-corrected chi connectivity index (χ2v) is 5.47. The number of aromatic nitrogens is 1. The van der Waals surface area contributed by atoms with Crippen LogP contribution >= 0.6 is 0 Å². The first kappa shape index (κ1) is 10.6. The Morgan fingerprint density at radius 1 is 1.47 bits per heavy atom.